The summed E-state index contributed by atoms with van der Waals surface area (Å²) in [7, 11) is 0. The molecule has 4 nitrogen and oxygen atoms in total. The van der Waals surface area contributed by atoms with Gasteiger partial charge in [-0.3, -0.25) is 4.79 Å². The van der Waals surface area contributed by atoms with E-state index >= 15 is 0 Å². The van der Waals surface area contributed by atoms with E-state index in [0.717, 1.165) is 10.1 Å². The van der Waals surface area contributed by atoms with Crippen LogP contribution in [-0.4, -0.2) is 17.0 Å². The van der Waals surface area contributed by atoms with Gasteiger partial charge in [0, 0.05) is 16.8 Å². The van der Waals surface area contributed by atoms with Crippen LogP contribution in [0.2, 0.25) is 0 Å². The smallest absolute Gasteiger partial charge is 0.345 e. The molecule has 0 aliphatic carbocycles. The molecule has 1 heterocycles. The maximum absolute atomic E-state index is 11.2. The summed E-state index contributed by atoms with van der Waals surface area (Å²) in [5.74, 6) is -0.983. The van der Waals surface area contributed by atoms with Gasteiger partial charge in [-0.05, 0) is 29.7 Å². The number of carbonyl (C=O) groups excluding carboxylic acids is 1. The Kier molecular flexibility index (Phi) is 3.10. The van der Waals surface area contributed by atoms with Gasteiger partial charge in [-0.2, -0.15) is 0 Å². The van der Waals surface area contributed by atoms with Crippen LogP contribution >= 0.6 is 11.3 Å². The first-order chi connectivity index (χ1) is 8.10. The first kappa shape index (κ1) is 11.6. The molecule has 5 heteroatoms. The van der Waals surface area contributed by atoms with Crippen molar-refractivity contribution < 1.29 is 14.7 Å². The molecule has 0 aliphatic heterocycles. The zero-order chi connectivity index (χ0) is 12.4. The van der Waals surface area contributed by atoms with Crippen LogP contribution in [0.5, 0.6) is 0 Å². The number of hydrogen-bond donors (Lipinski definition) is 2. The van der Waals surface area contributed by atoms with Crippen molar-refractivity contribution in [3.05, 3.63) is 29.1 Å². The molecule has 0 fully saturated rings. The maximum Gasteiger partial charge on any atom is 0.345 e. The summed E-state index contributed by atoms with van der Waals surface area (Å²) in [6.45, 7) is 1.78. The maximum atomic E-state index is 11.2. The summed E-state index contributed by atoms with van der Waals surface area (Å²) < 4.78 is 0.900. The summed E-state index contributed by atoms with van der Waals surface area (Å²) in [4.78, 5) is 22.4. The Morgan fingerprint density at radius 3 is 2.76 bits per heavy atom. The summed E-state index contributed by atoms with van der Waals surface area (Å²) in [5, 5.41) is 12.5. The highest BCUT2D eigenvalue weighted by Crippen LogP contribution is 2.28. The molecule has 0 saturated carbocycles. The number of carboxylic acid groups (broad SMARTS) is 1. The lowest BCUT2D eigenvalue weighted by atomic mass is 10.2. The molecule has 0 aliphatic rings. The van der Waals surface area contributed by atoms with E-state index in [0.29, 0.717) is 17.0 Å². The van der Waals surface area contributed by atoms with Gasteiger partial charge in [0.1, 0.15) is 4.88 Å². The predicted molar refractivity (Wildman–Crippen MR) is 67.7 cm³/mol. The Morgan fingerprint density at radius 2 is 2.12 bits per heavy atom. The molecule has 1 aromatic heterocycles. The minimum atomic E-state index is -0.926. The lowest BCUT2D eigenvalue weighted by Gasteiger charge is -2.02. The molecule has 0 atom stereocenters. The number of carbonyl (C=O) groups is 2. The van der Waals surface area contributed by atoms with Gasteiger partial charge in [0.25, 0.3) is 0 Å². The van der Waals surface area contributed by atoms with Crippen molar-refractivity contribution >= 4 is 39.0 Å². The summed E-state index contributed by atoms with van der Waals surface area (Å²) in [5.41, 5.74) is 0.694. The number of aromatic carboxylic acids is 1. The van der Waals surface area contributed by atoms with Gasteiger partial charge in [-0.25, -0.2) is 4.79 Å². The number of rotatable bonds is 3. The largest absolute Gasteiger partial charge is 0.477 e. The van der Waals surface area contributed by atoms with Gasteiger partial charge in [0.15, 0.2) is 0 Å². The van der Waals surface area contributed by atoms with Crippen LogP contribution in [0, 0.1) is 0 Å². The van der Waals surface area contributed by atoms with Crippen molar-refractivity contribution in [3.63, 3.8) is 0 Å². The third-order valence-electron chi connectivity index (χ3n) is 2.33. The van der Waals surface area contributed by atoms with Crippen molar-refractivity contribution in [2.24, 2.45) is 0 Å². The van der Waals surface area contributed by atoms with Crippen molar-refractivity contribution in [1.29, 1.82) is 0 Å². The summed E-state index contributed by atoms with van der Waals surface area (Å²) >= 11 is 1.23. The highest BCUT2D eigenvalue weighted by Gasteiger charge is 2.09. The Bertz CT molecular complexity index is 588. The van der Waals surface area contributed by atoms with E-state index in [-0.39, 0.29) is 5.91 Å². The molecular weight excluding hydrogens is 238 g/mol. The average molecular weight is 249 g/mol. The number of carboxylic acids is 1. The molecule has 0 unspecified atom stereocenters. The van der Waals surface area contributed by atoms with Crippen LogP contribution in [0.4, 0.5) is 5.69 Å². The Balaban J connectivity index is 2.36. The van der Waals surface area contributed by atoms with Crippen LogP contribution in [-0.2, 0) is 4.79 Å². The van der Waals surface area contributed by atoms with E-state index in [1.54, 1.807) is 25.1 Å². The van der Waals surface area contributed by atoms with Crippen LogP contribution in [0.3, 0.4) is 0 Å². The number of nitrogens with one attached hydrogen (secondary N) is 1. The standard InChI is InChI=1S/C12H11NO3S/c1-2-11(14)13-8-3-4-9-7(5-8)6-10(17-9)12(15)16/h3-6H,2H2,1H3,(H,13,14)(H,15,16). The van der Waals surface area contributed by atoms with Gasteiger partial charge < -0.3 is 10.4 Å². The second-order valence-corrected chi connectivity index (χ2v) is 4.65. The lowest BCUT2D eigenvalue weighted by molar-refractivity contribution is -0.115. The Hall–Kier alpha value is -1.88. The lowest BCUT2D eigenvalue weighted by Crippen LogP contribution is -2.08. The van der Waals surface area contributed by atoms with Crippen molar-refractivity contribution in [1.82, 2.24) is 0 Å². The van der Waals surface area contributed by atoms with Gasteiger partial charge >= 0.3 is 5.97 Å². The van der Waals surface area contributed by atoms with Gasteiger partial charge in [-0.15, -0.1) is 11.3 Å². The molecule has 17 heavy (non-hydrogen) atoms. The zero-order valence-electron chi connectivity index (χ0n) is 9.19. The van der Waals surface area contributed by atoms with Crippen molar-refractivity contribution in [2.75, 3.05) is 5.32 Å². The molecule has 1 amide bonds. The highest BCUT2D eigenvalue weighted by atomic mass is 32.1. The number of amides is 1. The molecule has 0 spiro atoms. The number of anilines is 1. The fourth-order valence-corrected chi connectivity index (χ4v) is 2.36. The minimum absolute atomic E-state index is 0.0574. The van der Waals surface area contributed by atoms with Crippen LogP contribution in [0.1, 0.15) is 23.0 Å². The number of fused-ring (bicyclic) bond motifs is 1. The fourth-order valence-electron chi connectivity index (χ4n) is 1.48. The normalized spacial score (nSPS) is 10.4. The second-order valence-electron chi connectivity index (χ2n) is 3.57. The molecular formula is C12H11NO3S. The van der Waals surface area contributed by atoms with Crippen molar-refractivity contribution in [3.8, 4) is 0 Å². The molecule has 0 bridgehead atoms. The molecule has 0 saturated heterocycles. The van der Waals surface area contributed by atoms with Gasteiger partial charge in [-0.1, -0.05) is 6.92 Å². The quantitative estimate of drug-likeness (QED) is 0.878. The third kappa shape index (κ3) is 2.45. The van der Waals surface area contributed by atoms with E-state index in [1.807, 2.05) is 6.07 Å². The number of thiophene rings is 1. The second kappa shape index (κ2) is 4.55. The van der Waals surface area contributed by atoms with E-state index in [1.165, 1.54) is 11.3 Å². The minimum Gasteiger partial charge on any atom is -0.477 e. The first-order valence-corrected chi connectivity index (χ1v) is 5.98. The topological polar surface area (TPSA) is 66.4 Å². The molecule has 2 N–H and O–H groups in total. The number of benzene rings is 1. The third-order valence-corrected chi connectivity index (χ3v) is 3.44. The Labute approximate surface area is 102 Å². The van der Waals surface area contributed by atoms with Crippen LogP contribution < -0.4 is 5.32 Å². The van der Waals surface area contributed by atoms with E-state index < -0.39 is 5.97 Å². The van der Waals surface area contributed by atoms with E-state index in [9.17, 15) is 9.59 Å². The van der Waals surface area contributed by atoms with Crippen LogP contribution in [0.15, 0.2) is 24.3 Å². The predicted octanol–water partition coefficient (Wildman–Crippen LogP) is 2.95. The highest BCUT2D eigenvalue weighted by molar-refractivity contribution is 7.20. The SMILES string of the molecule is CCC(=O)Nc1ccc2sc(C(=O)O)cc2c1. The van der Waals surface area contributed by atoms with Gasteiger partial charge in [0.2, 0.25) is 5.91 Å². The molecule has 2 aromatic rings. The number of hydrogen-bond acceptors (Lipinski definition) is 3. The van der Waals surface area contributed by atoms with E-state index in [2.05, 4.69) is 5.32 Å². The summed E-state index contributed by atoms with van der Waals surface area (Å²) in [6.07, 6.45) is 0.419. The zero-order valence-corrected chi connectivity index (χ0v) is 10.0. The monoisotopic (exact) mass is 249 g/mol. The Morgan fingerprint density at radius 1 is 1.35 bits per heavy atom. The van der Waals surface area contributed by atoms with E-state index in [4.69, 9.17) is 5.11 Å². The summed E-state index contributed by atoms with van der Waals surface area (Å²) in [6, 6.07) is 6.99. The van der Waals surface area contributed by atoms with Crippen molar-refractivity contribution in [2.45, 2.75) is 13.3 Å². The molecule has 1 aromatic carbocycles. The fraction of sp³-hybridized carbons (Fsp3) is 0.167. The first-order valence-electron chi connectivity index (χ1n) is 5.17. The average Bonchev–Trinajstić information content (AvgIpc) is 2.72. The molecule has 2 rings (SSSR count). The van der Waals surface area contributed by atoms with Crippen LogP contribution in [0.25, 0.3) is 10.1 Å². The molecule has 0 radical (unpaired) electrons. The van der Waals surface area contributed by atoms with Gasteiger partial charge in [0.05, 0.1) is 0 Å². The molecule has 88 valence electrons.